The Morgan fingerprint density at radius 3 is 2.42 bits per heavy atom. The molecule has 0 saturated carbocycles. The number of thiazole rings is 1. The van der Waals surface area contributed by atoms with Gasteiger partial charge < -0.3 is 10.1 Å². The van der Waals surface area contributed by atoms with E-state index in [4.69, 9.17) is 4.74 Å². The van der Waals surface area contributed by atoms with Crippen molar-refractivity contribution in [3.63, 3.8) is 0 Å². The molecule has 0 bridgehead atoms. The summed E-state index contributed by atoms with van der Waals surface area (Å²) in [6.07, 6.45) is -0.693. The number of amides is 1. The van der Waals surface area contributed by atoms with E-state index in [1.165, 1.54) is 11.3 Å². The molecule has 1 heterocycles. The Bertz CT molecular complexity index is 1400. The predicted molar refractivity (Wildman–Crippen MR) is 132 cm³/mol. The van der Waals surface area contributed by atoms with Crippen LogP contribution in [-0.4, -0.2) is 25.4 Å². The maximum atomic E-state index is 12.7. The zero-order chi connectivity index (χ0) is 23.6. The fraction of sp³-hybridized carbons (Fsp3) is 0.167. The van der Waals surface area contributed by atoms with Crippen molar-refractivity contribution in [2.24, 2.45) is 0 Å². The van der Waals surface area contributed by atoms with Crippen LogP contribution in [0.5, 0.6) is 5.75 Å². The Hall–Kier alpha value is -3.43. The van der Waals surface area contributed by atoms with Gasteiger partial charge in [0.2, 0.25) is 0 Å². The highest BCUT2D eigenvalue weighted by Crippen LogP contribution is 2.32. The molecule has 2 N–H and O–H groups in total. The number of fused-ring (bicyclic) bond motifs is 1. The Labute approximate surface area is 196 Å². The molecular weight excluding hydrogens is 458 g/mol. The number of aryl methyl sites for hydroxylation is 2. The van der Waals surface area contributed by atoms with E-state index < -0.39 is 16.1 Å². The topological polar surface area (TPSA) is 97.4 Å². The summed E-state index contributed by atoms with van der Waals surface area (Å²) in [5.41, 5.74) is 3.05. The third kappa shape index (κ3) is 5.32. The number of hydrogen-bond donors (Lipinski definition) is 2. The number of anilines is 2. The van der Waals surface area contributed by atoms with Crippen molar-refractivity contribution >= 4 is 48.3 Å². The van der Waals surface area contributed by atoms with E-state index in [2.05, 4.69) is 15.0 Å². The normalized spacial score (nSPS) is 12.3. The maximum Gasteiger partial charge on any atom is 0.265 e. The monoisotopic (exact) mass is 481 g/mol. The third-order valence-electron chi connectivity index (χ3n) is 4.93. The number of carbonyl (C=O) groups is 1. The molecule has 33 heavy (non-hydrogen) atoms. The lowest BCUT2D eigenvalue weighted by molar-refractivity contribution is -0.122. The van der Waals surface area contributed by atoms with Crippen LogP contribution >= 0.6 is 11.3 Å². The number of para-hydroxylation sites is 1. The summed E-state index contributed by atoms with van der Waals surface area (Å²) >= 11 is 1.20. The second-order valence-corrected chi connectivity index (χ2v) is 10.4. The summed E-state index contributed by atoms with van der Waals surface area (Å²) < 4.78 is 34.4. The number of hydrogen-bond acceptors (Lipinski definition) is 6. The highest BCUT2D eigenvalue weighted by atomic mass is 32.2. The number of carbonyl (C=O) groups excluding carboxylic acids is 1. The molecule has 9 heteroatoms. The Balaban J connectivity index is 1.51. The molecule has 170 valence electrons. The van der Waals surface area contributed by atoms with Crippen LogP contribution < -0.4 is 14.8 Å². The second kappa shape index (κ2) is 9.21. The van der Waals surface area contributed by atoms with Crippen molar-refractivity contribution in [3.05, 3.63) is 77.9 Å². The zero-order valence-corrected chi connectivity index (χ0v) is 20.0. The van der Waals surface area contributed by atoms with Gasteiger partial charge in [0, 0.05) is 5.69 Å². The average molecular weight is 482 g/mol. The first kappa shape index (κ1) is 22.8. The smallest absolute Gasteiger partial charge is 0.265 e. The molecule has 0 aliphatic rings. The minimum atomic E-state index is -3.75. The van der Waals surface area contributed by atoms with Crippen LogP contribution in [0.1, 0.15) is 18.1 Å². The van der Waals surface area contributed by atoms with Crippen LogP contribution in [0, 0.1) is 13.8 Å². The highest BCUT2D eigenvalue weighted by molar-refractivity contribution is 7.93. The number of rotatable bonds is 7. The Kier molecular flexibility index (Phi) is 6.35. The van der Waals surface area contributed by atoms with Gasteiger partial charge in [-0.2, -0.15) is 0 Å². The molecule has 4 aromatic rings. The van der Waals surface area contributed by atoms with E-state index in [0.717, 1.165) is 15.8 Å². The lowest BCUT2D eigenvalue weighted by atomic mass is 10.2. The maximum absolute atomic E-state index is 12.7. The van der Waals surface area contributed by atoms with Gasteiger partial charge in [-0.15, -0.1) is 0 Å². The van der Waals surface area contributed by atoms with Crippen molar-refractivity contribution in [1.82, 2.24) is 4.98 Å². The molecule has 0 radical (unpaired) electrons. The van der Waals surface area contributed by atoms with Crippen LogP contribution in [0.15, 0.2) is 71.6 Å². The number of ether oxygens (including phenoxy) is 1. The van der Waals surface area contributed by atoms with Crippen molar-refractivity contribution in [1.29, 1.82) is 0 Å². The molecular formula is C24H23N3O4S2. The van der Waals surface area contributed by atoms with Gasteiger partial charge in [-0.05, 0) is 62.7 Å². The molecule has 3 aromatic carbocycles. The van der Waals surface area contributed by atoms with Gasteiger partial charge in [0.1, 0.15) is 5.75 Å². The zero-order valence-electron chi connectivity index (χ0n) is 18.3. The van der Waals surface area contributed by atoms with Crippen LogP contribution in [-0.2, 0) is 14.8 Å². The van der Waals surface area contributed by atoms with Crippen molar-refractivity contribution < 1.29 is 17.9 Å². The summed E-state index contributed by atoms with van der Waals surface area (Å²) in [7, 11) is -3.75. The molecule has 0 unspecified atom stereocenters. The molecule has 1 atom stereocenters. The molecule has 7 nitrogen and oxygen atoms in total. The first-order valence-corrected chi connectivity index (χ1v) is 12.5. The van der Waals surface area contributed by atoms with E-state index in [1.807, 2.05) is 32.0 Å². The van der Waals surface area contributed by atoms with E-state index in [0.29, 0.717) is 17.0 Å². The summed E-state index contributed by atoms with van der Waals surface area (Å²) in [5.74, 6) is 0.321. The van der Waals surface area contributed by atoms with Crippen LogP contribution in [0.4, 0.5) is 10.8 Å². The summed E-state index contributed by atoms with van der Waals surface area (Å²) in [6, 6.07) is 19.3. The summed E-state index contributed by atoms with van der Waals surface area (Å²) in [6.45, 7) is 5.43. The third-order valence-corrected chi connectivity index (χ3v) is 7.33. The van der Waals surface area contributed by atoms with E-state index >= 15 is 0 Å². The molecule has 4 rings (SSSR count). The second-order valence-electron chi connectivity index (χ2n) is 7.64. The molecule has 0 saturated heterocycles. The lowest BCUT2D eigenvalue weighted by Crippen LogP contribution is -2.30. The van der Waals surface area contributed by atoms with Gasteiger partial charge in [0.15, 0.2) is 11.2 Å². The average Bonchev–Trinajstić information content (AvgIpc) is 3.17. The lowest BCUT2D eigenvalue weighted by Gasteiger charge is -2.15. The van der Waals surface area contributed by atoms with E-state index in [9.17, 15) is 13.2 Å². The molecule has 0 fully saturated rings. The number of nitrogens with zero attached hydrogens (tertiary/aromatic N) is 1. The van der Waals surface area contributed by atoms with Crippen molar-refractivity contribution in [2.75, 3.05) is 10.0 Å². The number of benzene rings is 3. The first-order chi connectivity index (χ1) is 15.7. The van der Waals surface area contributed by atoms with Gasteiger partial charge in [-0.25, -0.2) is 13.4 Å². The van der Waals surface area contributed by atoms with Crippen molar-refractivity contribution in [3.8, 4) is 5.75 Å². The number of aromatic nitrogens is 1. The number of nitrogens with one attached hydrogen (secondary N) is 2. The number of sulfonamides is 1. The molecule has 0 aliphatic carbocycles. The minimum absolute atomic E-state index is 0.171. The van der Waals surface area contributed by atoms with Crippen LogP contribution in [0.2, 0.25) is 0 Å². The van der Waals surface area contributed by atoms with Gasteiger partial charge in [-0.3, -0.25) is 9.52 Å². The Morgan fingerprint density at radius 1 is 1.03 bits per heavy atom. The first-order valence-electron chi connectivity index (χ1n) is 10.2. The quantitative estimate of drug-likeness (QED) is 0.382. The highest BCUT2D eigenvalue weighted by Gasteiger charge is 2.19. The standard InChI is InChI=1S/C24H23N3O4S2/c1-15-9-11-20(12-10-15)33(29,30)27-24-26-22-16(2)13-18(14-21(22)32-24)25-23(28)17(3)31-19-7-5-4-6-8-19/h4-14,17H,1-3H3,(H,25,28)(H,26,27)/t17-/m1/s1. The summed E-state index contributed by atoms with van der Waals surface area (Å²) in [5, 5.41) is 3.12. The minimum Gasteiger partial charge on any atom is -0.481 e. The van der Waals surface area contributed by atoms with Crippen LogP contribution in [0.3, 0.4) is 0 Å². The van der Waals surface area contributed by atoms with Crippen LogP contribution in [0.25, 0.3) is 10.2 Å². The van der Waals surface area contributed by atoms with Crippen molar-refractivity contribution in [2.45, 2.75) is 31.8 Å². The summed E-state index contributed by atoms with van der Waals surface area (Å²) in [4.78, 5) is 17.2. The fourth-order valence-corrected chi connectivity index (χ4v) is 5.42. The Morgan fingerprint density at radius 2 is 1.73 bits per heavy atom. The molecule has 0 spiro atoms. The van der Waals surface area contributed by atoms with E-state index in [-0.39, 0.29) is 15.9 Å². The molecule has 1 amide bonds. The molecule has 0 aliphatic heterocycles. The SMILES string of the molecule is Cc1ccc(S(=O)(=O)Nc2nc3c(C)cc(NC(=O)[C@@H](C)Oc4ccccc4)cc3s2)cc1. The predicted octanol–water partition coefficient (Wildman–Crippen LogP) is 5.12. The van der Waals surface area contributed by atoms with Gasteiger partial charge in [0.25, 0.3) is 15.9 Å². The van der Waals surface area contributed by atoms with Gasteiger partial charge >= 0.3 is 0 Å². The fourth-order valence-electron chi connectivity index (χ4n) is 3.20. The van der Waals surface area contributed by atoms with E-state index in [1.54, 1.807) is 55.5 Å². The molecule has 1 aromatic heterocycles. The van der Waals surface area contributed by atoms with Gasteiger partial charge in [-0.1, -0.05) is 47.2 Å². The van der Waals surface area contributed by atoms with Gasteiger partial charge in [0.05, 0.1) is 15.1 Å². The largest absolute Gasteiger partial charge is 0.481 e.